The van der Waals surface area contributed by atoms with E-state index in [0.717, 1.165) is 5.56 Å². The molecule has 28 heavy (non-hydrogen) atoms. The number of carbonyl (C=O) groups excluding carboxylic acids is 1. The van der Waals surface area contributed by atoms with Crippen molar-refractivity contribution in [1.29, 1.82) is 0 Å². The minimum Gasteiger partial charge on any atom is -0.355 e. The van der Waals surface area contributed by atoms with Gasteiger partial charge < -0.3 is 4.90 Å². The summed E-state index contributed by atoms with van der Waals surface area (Å²) in [5.74, 6) is 0.174. The number of hydrogen-bond donors (Lipinski definition) is 1. The van der Waals surface area contributed by atoms with Crippen LogP contribution in [0.4, 0.5) is 0 Å². The smallest absolute Gasteiger partial charge is 0.285 e. The van der Waals surface area contributed by atoms with Crippen LogP contribution in [-0.2, 0) is 26.3 Å². The molecule has 8 heteroatoms. The van der Waals surface area contributed by atoms with Gasteiger partial charge in [0.05, 0.1) is 6.61 Å². The number of hydrogen-bond acceptors (Lipinski definition) is 5. The number of hydroxylamine groups is 1. The first-order chi connectivity index (χ1) is 13.5. The third kappa shape index (κ3) is 3.79. The van der Waals surface area contributed by atoms with Crippen LogP contribution in [0.1, 0.15) is 24.0 Å². The first-order valence-corrected chi connectivity index (χ1v) is 10.6. The average molecular weight is 399 g/mol. The van der Waals surface area contributed by atoms with Crippen molar-refractivity contribution in [1.82, 2.24) is 10.4 Å². The van der Waals surface area contributed by atoms with Crippen molar-refractivity contribution in [2.75, 3.05) is 13.1 Å². The van der Waals surface area contributed by atoms with Crippen LogP contribution in [0.5, 0.6) is 0 Å². The molecule has 1 saturated heterocycles. The minimum atomic E-state index is -3.63. The highest BCUT2D eigenvalue weighted by Gasteiger charge is 2.34. The van der Waals surface area contributed by atoms with E-state index in [4.69, 9.17) is 4.84 Å². The molecule has 1 fully saturated rings. The second-order valence-electron chi connectivity index (χ2n) is 6.89. The molecule has 0 unspecified atom stereocenters. The maximum atomic E-state index is 12.3. The van der Waals surface area contributed by atoms with Gasteiger partial charge in [-0.2, -0.15) is 8.42 Å². The van der Waals surface area contributed by atoms with Gasteiger partial charge in [0, 0.05) is 24.6 Å². The maximum Gasteiger partial charge on any atom is 0.285 e. The molecule has 0 spiro atoms. The number of rotatable bonds is 4. The van der Waals surface area contributed by atoms with Crippen LogP contribution in [0, 0.1) is 5.92 Å². The van der Waals surface area contributed by atoms with E-state index in [2.05, 4.69) is 9.88 Å². The van der Waals surface area contributed by atoms with Crippen molar-refractivity contribution < 1.29 is 18.0 Å². The Hall–Kier alpha value is -2.71. The van der Waals surface area contributed by atoms with Crippen LogP contribution in [-0.4, -0.2) is 38.2 Å². The molecule has 2 aromatic rings. The summed E-state index contributed by atoms with van der Waals surface area (Å²) < 4.78 is 28.4. The Labute approximate surface area is 164 Å². The van der Waals surface area contributed by atoms with Gasteiger partial charge in [-0.15, -0.1) is 4.40 Å². The first kappa shape index (κ1) is 18.6. The van der Waals surface area contributed by atoms with Crippen molar-refractivity contribution in [2.24, 2.45) is 10.3 Å². The summed E-state index contributed by atoms with van der Waals surface area (Å²) in [7, 11) is -3.63. The minimum absolute atomic E-state index is 0.142. The molecule has 0 bridgehead atoms. The van der Waals surface area contributed by atoms with Crippen molar-refractivity contribution in [2.45, 2.75) is 24.3 Å². The first-order valence-electron chi connectivity index (χ1n) is 9.19. The van der Waals surface area contributed by atoms with Gasteiger partial charge in [0.25, 0.3) is 10.0 Å². The van der Waals surface area contributed by atoms with Crippen LogP contribution in [0.25, 0.3) is 0 Å². The average Bonchev–Trinajstić information content (AvgIpc) is 3.00. The molecule has 2 aliphatic heterocycles. The standard InChI is InChI=1S/C20H21N3O4S/c24-20(21-27-14-15-6-2-1-3-7-15)16-10-12-23(13-11-16)19-17-8-4-5-9-18(17)28(25,26)22-19/h1-9,16H,10-14H2,(H,21,24). The molecule has 7 nitrogen and oxygen atoms in total. The molecule has 0 radical (unpaired) electrons. The van der Waals surface area contributed by atoms with E-state index < -0.39 is 10.0 Å². The zero-order valence-corrected chi connectivity index (χ0v) is 16.1. The predicted molar refractivity (Wildman–Crippen MR) is 104 cm³/mol. The summed E-state index contributed by atoms with van der Waals surface area (Å²) >= 11 is 0. The predicted octanol–water partition coefficient (Wildman–Crippen LogP) is 2.10. The molecular weight excluding hydrogens is 378 g/mol. The van der Waals surface area contributed by atoms with Crippen molar-refractivity contribution in [3.63, 3.8) is 0 Å². The molecule has 0 atom stereocenters. The van der Waals surface area contributed by atoms with Gasteiger partial charge in [-0.1, -0.05) is 42.5 Å². The van der Waals surface area contributed by atoms with Crippen LogP contribution >= 0.6 is 0 Å². The molecule has 0 aromatic heterocycles. The van der Waals surface area contributed by atoms with Gasteiger partial charge in [0.2, 0.25) is 5.91 Å². The number of benzene rings is 2. The molecule has 0 saturated carbocycles. The van der Waals surface area contributed by atoms with E-state index >= 15 is 0 Å². The number of nitrogens with zero attached hydrogens (tertiary/aromatic N) is 2. The summed E-state index contributed by atoms with van der Waals surface area (Å²) in [6, 6.07) is 16.5. The van der Waals surface area contributed by atoms with E-state index in [0.29, 0.717) is 43.9 Å². The Bertz CT molecular complexity index is 997. The fourth-order valence-electron chi connectivity index (χ4n) is 3.52. The number of fused-ring (bicyclic) bond motifs is 1. The van der Waals surface area contributed by atoms with Gasteiger partial charge >= 0.3 is 0 Å². The summed E-state index contributed by atoms with van der Waals surface area (Å²) in [6.45, 7) is 1.45. The summed E-state index contributed by atoms with van der Waals surface area (Å²) in [6.07, 6.45) is 1.23. The van der Waals surface area contributed by atoms with E-state index in [1.54, 1.807) is 24.3 Å². The van der Waals surface area contributed by atoms with Crippen molar-refractivity contribution in [3.05, 3.63) is 65.7 Å². The lowest BCUT2D eigenvalue weighted by Gasteiger charge is -2.32. The number of amides is 1. The van der Waals surface area contributed by atoms with Gasteiger partial charge in [-0.25, -0.2) is 5.48 Å². The maximum absolute atomic E-state index is 12.3. The molecule has 2 aromatic carbocycles. The van der Waals surface area contributed by atoms with E-state index in [-0.39, 0.29) is 16.7 Å². The number of carbonyl (C=O) groups is 1. The highest BCUT2D eigenvalue weighted by atomic mass is 32.2. The molecule has 0 aliphatic carbocycles. The van der Waals surface area contributed by atoms with Gasteiger partial charge in [-0.05, 0) is 30.5 Å². The lowest BCUT2D eigenvalue weighted by molar-refractivity contribution is -0.140. The third-order valence-corrected chi connectivity index (χ3v) is 6.36. The molecule has 1 amide bonds. The summed E-state index contributed by atoms with van der Waals surface area (Å²) in [5, 5.41) is 0. The molecule has 4 rings (SSSR count). The number of piperidine rings is 1. The van der Waals surface area contributed by atoms with Crippen LogP contribution < -0.4 is 5.48 Å². The molecule has 2 heterocycles. The second kappa shape index (κ2) is 7.73. The summed E-state index contributed by atoms with van der Waals surface area (Å²) in [5.41, 5.74) is 4.15. The molecule has 2 aliphatic rings. The largest absolute Gasteiger partial charge is 0.355 e. The Balaban J connectivity index is 1.32. The fraction of sp³-hybridized carbons (Fsp3) is 0.300. The van der Waals surface area contributed by atoms with E-state index in [1.165, 1.54) is 0 Å². The number of nitrogens with one attached hydrogen (secondary N) is 1. The SMILES string of the molecule is O=C(NOCc1ccccc1)C1CCN(C2=NS(=O)(=O)c3ccccc32)CC1. The van der Waals surface area contributed by atoms with E-state index in [1.807, 2.05) is 35.2 Å². The third-order valence-electron chi connectivity index (χ3n) is 5.03. The van der Waals surface area contributed by atoms with Crippen LogP contribution in [0.15, 0.2) is 63.9 Å². The monoisotopic (exact) mass is 399 g/mol. The normalized spacial score (nSPS) is 18.4. The molecule has 1 N–H and O–H groups in total. The number of likely N-dealkylation sites (tertiary alicyclic amines) is 1. The van der Waals surface area contributed by atoms with Crippen LogP contribution in [0.2, 0.25) is 0 Å². The zero-order valence-electron chi connectivity index (χ0n) is 15.2. The zero-order chi connectivity index (χ0) is 19.6. The Kier molecular flexibility index (Phi) is 5.15. The van der Waals surface area contributed by atoms with E-state index in [9.17, 15) is 13.2 Å². The summed E-state index contributed by atoms with van der Waals surface area (Å²) in [4.78, 5) is 19.8. The fourth-order valence-corrected chi connectivity index (χ4v) is 4.75. The topological polar surface area (TPSA) is 88.1 Å². The highest BCUT2D eigenvalue weighted by molar-refractivity contribution is 7.90. The Morgan fingerprint density at radius 2 is 1.75 bits per heavy atom. The lowest BCUT2D eigenvalue weighted by Crippen LogP contribution is -2.43. The van der Waals surface area contributed by atoms with Gasteiger partial charge in [0.15, 0.2) is 5.84 Å². The van der Waals surface area contributed by atoms with Crippen molar-refractivity contribution >= 4 is 21.8 Å². The van der Waals surface area contributed by atoms with Crippen LogP contribution in [0.3, 0.4) is 0 Å². The number of sulfonamides is 1. The highest BCUT2D eigenvalue weighted by Crippen LogP contribution is 2.29. The quantitative estimate of drug-likeness (QED) is 0.796. The van der Waals surface area contributed by atoms with Crippen molar-refractivity contribution in [3.8, 4) is 0 Å². The Morgan fingerprint density at radius 1 is 1.07 bits per heavy atom. The molecular formula is C20H21N3O4S. The number of amidine groups is 1. The lowest BCUT2D eigenvalue weighted by atomic mass is 9.95. The molecule has 146 valence electrons. The second-order valence-corrected chi connectivity index (χ2v) is 8.46. The van der Waals surface area contributed by atoms with Gasteiger partial charge in [0.1, 0.15) is 4.90 Å². The Morgan fingerprint density at radius 3 is 2.50 bits per heavy atom. The van der Waals surface area contributed by atoms with Gasteiger partial charge in [-0.3, -0.25) is 9.63 Å².